The van der Waals surface area contributed by atoms with Crippen LogP contribution < -0.4 is 4.74 Å². The third-order valence-corrected chi connectivity index (χ3v) is 4.20. The molecule has 1 aromatic carbocycles. The van der Waals surface area contributed by atoms with Crippen LogP contribution in [-0.2, 0) is 9.05 Å². The Kier molecular flexibility index (Phi) is 5.47. The fourth-order valence-corrected chi connectivity index (χ4v) is 2.98. The summed E-state index contributed by atoms with van der Waals surface area (Å²) in [6.45, 7) is 6.32. The van der Waals surface area contributed by atoms with E-state index < -0.39 is 9.05 Å². The number of unbranched alkanes of at least 4 members (excludes halogenated alkanes) is 2. The first-order valence-electron chi connectivity index (χ1n) is 6.05. The van der Waals surface area contributed by atoms with Gasteiger partial charge in [-0.1, -0.05) is 19.8 Å². The highest BCUT2D eigenvalue weighted by molar-refractivity contribution is 8.13. The quantitative estimate of drug-likeness (QED) is 0.591. The maximum absolute atomic E-state index is 11.3. The first-order chi connectivity index (χ1) is 8.36. The van der Waals surface area contributed by atoms with Gasteiger partial charge in [-0.05, 0) is 43.5 Å². The van der Waals surface area contributed by atoms with Crippen molar-refractivity contribution in [1.29, 1.82) is 0 Å². The van der Waals surface area contributed by atoms with Gasteiger partial charge in [0.2, 0.25) is 0 Å². The molecule has 0 fully saturated rings. The number of benzene rings is 1. The molecule has 0 unspecified atom stereocenters. The molecule has 1 aromatic rings. The molecule has 0 atom stereocenters. The highest BCUT2D eigenvalue weighted by Gasteiger charge is 2.15. The van der Waals surface area contributed by atoms with Gasteiger partial charge in [-0.25, -0.2) is 8.42 Å². The number of halogens is 1. The third kappa shape index (κ3) is 4.18. The average molecular weight is 291 g/mol. The smallest absolute Gasteiger partial charge is 0.261 e. The lowest BCUT2D eigenvalue weighted by atomic mass is 10.1. The van der Waals surface area contributed by atoms with Crippen LogP contribution in [0.15, 0.2) is 17.0 Å². The van der Waals surface area contributed by atoms with E-state index in [-0.39, 0.29) is 4.90 Å². The van der Waals surface area contributed by atoms with E-state index in [4.69, 9.17) is 15.4 Å². The topological polar surface area (TPSA) is 43.4 Å². The molecular formula is C13H19ClO3S. The molecule has 102 valence electrons. The van der Waals surface area contributed by atoms with Gasteiger partial charge in [0.15, 0.2) is 0 Å². The first kappa shape index (κ1) is 15.3. The Morgan fingerprint density at radius 2 is 1.83 bits per heavy atom. The Labute approximate surface area is 114 Å². The Bertz CT molecular complexity index is 509. The number of aryl methyl sites for hydroxylation is 2. The Morgan fingerprint density at radius 1 is 1.17 bits per heavy atom. The van der Waals surface area contributed by atoms with Gasteiger partial charge in [-0.2, -0.15) is 0 Å². The lowest BCUT2D eigenvalue weighted by molar-refractivity contribution is 0.304. The second-order valence-corrected chi connectivity index (χ2v) is 6.91. The van der Waals surface area contributed by atoms with Crippen molar-refractivity contribution in [2.75, 3.05) is 6.61 Å². The van der Waals surface area contributed by atoms with Gasteiger partial charge in [0.1, 0.15) is 5.75 Å². The number of hydrogen-bond donors (Lipinski definition) is 0. The van der Waals surface area contributed by atoms with E-state index in [1.807, 2.05) is 6.92 Å². The average Bonchev–Trinajstić information content (AvgIpc) is 2.27. The molecule has 0 aromatic heterocycles. The molecule has 18 heavy (non-hydrogen) atoms. The Balaban J connectivity index is 2.87. The maximum atomic E-state index is 11.3. The molecule has 0 saturated heterocycles. The molecule has 0 spiro atoms. The summed E-state index contributed by atoms with van der Waals surface area (Å²) in [5.41, 5.74) is 1.40. The molecule has 3 nitrogen and oxygen atoms in total. The van der Waals surface area contributed by atoms with E-state index in [0.717, 1.165) is 30.6 Å². The zero-order chi connectivity index (χ0) is 13.8. The Morgan fingerprint density at radius 3 is 2.39 bits per heavy atom. The van der Waals surface area contributed by atoms with Crippen molar-refractivity contribution in [2.24, 2.45) is 0 Å². The molecule has 0 radical (unpaired) electrons. The van der Waals surface area contributed by atoms with Crippen LogP contribution in [0.1, 0.15) is 37.3 Å². The molecule has 1 rings (SSSR count). The van der Waals surface area contributed by atoms with Crippen molar-refractivity contribution in [2.45, 2.75) is 44.9 Å². The molecule has 0 bridgehead atoms. The minimum absolute atomic E-state index is 0.155. The van der Waals surface area contributed by atoms with Crippen molar-refractivity contribution in [3.05, 3.63) is 23.3 Å². The molecule has 0 aliphatic rings. The summed E-state index contributed by atoms with van der Waals surface area (Å²) in [7, 11) is 1.68. The standard InChI is InChI=1S/C13H19ClO3S/c1-4-5-6-7-17-12-8-11(3)13(9-10(12)2)18(14,15)16/h8-9H,4-7H2,1-3H3. The predicted molar refractivity (Wildman–Crippen MR) is 74.0 cm³/mol. The molecule has 0 saturated carbocycles. The SMILES string of the molecule is CCCCCOc1cc(C)c(S(=O)(=O)Cl)cc1C. The normalized spacial score (nSPS) is 11.6. The van der Waals surface area contributed by atoms with Crippen molar-refractivity contribution in [3.63, 3.8) is 0 Å². The summed E-state index contributed by atoms with van der Waals surface area (Å²) in [5.74, 6) is 0.729. The van der Waals surface area contributed by atoms with Crippen LogP contribution in [0.4, 0.5) is 0 Å². The second kappa shape index (κ2) is 6.43. The summed E-state index contributed by atoms with van der Waals surface area (Å²) in [5, 5.41) is 0. The van der Waals surface area contributed by atoms with Crippen molar-refractivity contribution in [3.8, 4) is 5.75 Å². The van der Waals surface area contributed by atoms with Gasteiger partial charge in [0.25, 0.3) is 9.05 Å². The molecule has 0 N–H and O–H groups in total. The van der Waals surface area contributed by atoms with Gasteiger partial charge >= 0.3 is 0 Å². The third-order valence-electron chi connectivity index (χ3n) is 2.74. The molecule has 0 aliphatic heterocycles. The highest BCUT2D eigenvalue weighted by atomic mass is 35.7. The molecule has 0 amide bonds. The van der Waals surface area contributed by atoms with E-state index in [2.05, 4.69) is 6.92 Å². The molecule has 0 aliphatic carbocycles. The van der Waals surface area contributed by atoms with Crippen LogP contribution in [0.2, 0.25) is 0 Å². The fraction of sp³-hybridized carbons (Fsp3) is 0.538. The number of ether oxygens (including phenoxy) is 1. The van der Waals surface area contributed by atoms with Crippen LogP contribution >= 0.6 is 10.7 Å². The first-order valence-corrected chi connectivity index (χ1v) is 8.36. The minimum Gasteiger partial charge on any atom is -0.493 e. The Hall–Kier alpha value is -0.740. The van der Waals surface area contributed by atoms with Gasteiger partial charge in [-0.15, -0.1) is 0 Å². The zero-order valence-electron chi connectivity index (χ0n) is 11.0. The fourth-order valence-electron chi connectivity index (χ4n) is 1.72. The van der Waals surface area contributed by atoms with Gasteiger partial charge in [0.05, 0.1) is 11.5 Å². The van der Waals surface area contributed by atoms with Crippen LogP contribution in [0.5, 0.6) is 5.75 Å². The summed E-state index contributed by atoms with van der Waals surface area (Å²) in [4.78, 5) is 0.155. The monoisotopic (exact) mass is 290 g/mol. The van der Waals surface area contributed by atoms with Crippen LogP contribution in [0.25, 0.3) is 0 Å². The summed E-state index contributed by atoms with van der Waals surface area (Å²) in [6.07, 6.45) is 3.28. The van der Waals surface area contributed by atoms with Crippen LogP contribution in [-0.4, -0.2) is 15.0 Å². The van der Waals surface area contributed by atoms with Crippen molar-refractivity contribution >= 4 is 19.7 Å². The maximum Gasteiger partial charge on any atom is 0.261 e. The minimum atomic E-state index is -3.69. The summed E-state index contributed by atoms with van der Waals surface area (Å²) in [6, 6.07) is 3.30. The molecule has 5 heteroatoms. The van der Waals surface area contributed by atoms with E-state index in [9.17, 15) is 8.42 Å². The van der Waals surface area contributed by atoms with Gasteiger partial charge in [-0.3, -0.25) is 0 Å². The van der Waals surface area contributed by atoms with Crippen LogP contribution in [0, 0.1) is 13.8 Å². The highest BCUT2D eigenvalue weighted by Crippen LogP contribution is 2.28. The molecule has 0 heterocycles. The summed E-state index contributed by atoms with van der Waals surface area (Å²) < 4.78 is 28.3. The van der Waals surface area contributed by atoms with Crippen molar-refractivity contribution in [1.82, 2.24) is 0 Å². The van der Waals surface area contributed by atoms with E-state index in [1.54, 1.807) is 19.1 Å². The van der Waals surface area contributed by atoms with Crippen molar-refractivity contribution < 1.29 is 13.2 Å². The number of rotatable bonds is 6. The lowest BCUT2D eigenvalue weighted by Crippen LogP contribution is -2.02. The lowest BCUT2D eigenvalue weighted by Gasteiger charge is -2.12. The molecular weight excluding hydrogens is 272 g/mol. The van der Waals surface area contributed by atoms with Gasteiger partial charge in [0, 0.05) is 10.7 Å². The van der Waals surface area contributed by atoms with Gasteiger partial charge < -0.3 is 4.74 Å². The van der Waals surface area contributed by atoms with E-state index in [1.165, 1.54) is 0 Å². The van der Waals surface area contributed by atoms with E-state index in [0.29, 0.717) is 12.2 Å². The number of hydrogen-bond acceptors (Lipinski definition) is 3. The predicted octanol–water partition coefficient (Wildman–Crippen LogP) is 3.80. The second-order valence-electron chi connectivity index (χ2n) is 4.38. The summed E-state index contributed by atoms with van der Waals surface area (Å²) >= 11 is 0. The van der Waals surface area contributed by atoms with Crippen LogP contribution in [0.3, 0.4) is 0 Å². The zero-order valence-corrected chi connectivity index (χ0v) is 12.6. The largest absolute Gasteiger partial charge is 0.493 e. The van der Waals surface area contributed by atoms with E-state index >= 15 is 0 Å².